The second-order valence-electron chi connectivity index (χ2n) is 7.19. The molecule has 1 aliphatic rings. The third-order valence-corrected chi connectivity index (χ3v) is 4.82. The SMILES string of the molecule is CN=C(NCCCOC(C)C)N1CCN(Cc2cc(OC)ccc2OC)CC1. The van der Waals surface area contributed by atoms with Crippen molar-refractivity contribution in [3.05, 3.63) is 23.8 Å². The summed E-state index contributed by atoms with van der Waals surface area (Å²) in [5.74, 6) is 2.74. The number of aliphatic imine (C=N–C) groups is 1. The first-order valence-corrected chi connectivity index (χ1v) is 10.1. The summed E-state index contributed by atoms with van der Waals surface area (Å²) in [6, 6.07) is 5.96. The Hall–Kier alpha value is -1.99. The average Bonchev–Trinajstić information content (AvgIpc) is 2.71. The topological polar surface area (TPSA) is 58.6 Å². The van der Waals surface area contributed by atoms with Crippen molar-refractivity contribution in [3.8, 4) is 11.5 Å². The zero-order valence-electron chi connectivity index (χ0n) is 18.0. The average molecular weight is 393 g/mol. The van der Waals surface area contributed by atoms with Crippen LogP contribution < -0.4 is 14.8 Å². The number of rotatable bonds is 9. The lowest BCUT2D eigenvalue weighted by molar-refractivity contribution is 0.0775. The lowest BCUT2D eigenvalue weighted by Crippen LogP contribution is -2.52. The van der Waals surface area contributed by atoms with E-state index in [2.05, 4.69) is 40.0 Å². The van der Waals surface area contributed by atoms with E-state index in [1.807, 2.05) is 19.2 Å². The highest BCUT2D eigenvalue weighted by molar-refractivity contribution is 5.79. The third-order valence-electron chi connectivity index (χ3n) is 4.82. The molecule has 1 heterocycles. The first kappa shape index (κ1) is 22.3. The summed E-state index contributed by atoms with van der Waals surface area (Å²) >= 11 is 0. The van der Waals surface area contributed by atoms with Crippen LogP contribution in [-0.2, 0) is 11.3 Å². The number of hydrogen-bond acceptors (Lipinski definition) is 5. The maximum absolute atomic E-state index is 5.59. The number of guanidine groups is 1. The van der Waals surface area contributed by atoms with E-state index in [1.54, 1.807) is 14.2 Å². The molecule has 0 spiro atoms. The van der Waals surface area contributed by atoms with E-state index >= 15 is 0 Å². The van der Waals surface area contributed by atoms with Crippen LogP contribution >= 0.6 is 0 Å². The van der Waals surface area contributed by atoms with Crippen molar-refractivity contribution in [2.45, 2.75) is 32.9 Å². The molecule has 158 valence electrons. The van der Waals surface area contributed by atoms with E-state index in [-0.39, 0.29) is 6.10 Å². The smallest absolute Gasteiger partial charge is 0.193 e. The lowest BCUT2D eigenvalue weighted by atomic mass is 10.1. The lowest BCUT2D eigenvalue weighted by Gasteiger charge is -2.36. The number of nitrogens with one attached hydrogen (secondary N) is 1. The molecule has 0 bridgehead atoms. The van der Waals surface area contributed by atoms with Gasteiger partial charge in [-0.25, -0.2) is 0 Å². The number of benzene rings is 1. The Balaban J connectivity index is 1.80. The van der Waals surface area contributed by atoms with Crippen molar-refractivity contribution in [1.82, 2.24) is 15.1 Å². The van der Waals surface area contributed by atoms with Gasteiger partial charge in [-0.05, 0) is 38.5 Å². The largest absolute Gasteiger partial charge is 0.497 e. The Morgan fingerprint density at radius 3 is 2.50 bits per heavy atom. The van der Waals surface area contributed by atoms with Crippen molar-refractivity contribution < 1.29 is 14.2 Å². The fraction of sp³-hybridized carbons (Fsp3) is 0.667. The Morgan fingerprint density at radius 2 is 1.89 bits per heavy atom. The zero-order valence-corrected chi connectivity index (χ0v) is 18.0. The number of methoxy groups -OCH3 is 2. The predicted molar refractivity (Wildman–Crippen MR) is 113 cm³/mol. The molecule has 0 aromatic heterocycles. The molecular weight excluding hydrogens is 356 g/mol. The molecule has 1 aliphatic heterocycles. The first-order chi connectivity index (χ1) is 13.6. The second kappa shape index (κ2) is 11.8. The molecule has 0 aliphatic carbocycles. The van der Waals surface area contributed by atoms with Gasteiger partial charge in [0, 0.05) is 58.5 Å². The molecule has 0 atom stereocenters. The van der Waals surface area contributed by atoms with E-state index in [0.717, 1.165) is 75.3 Å². The van der Waals surface area contributed by atoms with Gasteiger partial charge in [0.05, 0.1) is 20.3 Å². The van der Waals surface area contributed by atoms with E-state index in [0.29, 0.717) is 0 Å². The van der Waals surface area contributed by atoms with Crippen LogP contribution in [0.1, 0.15) is 25.8 Å². The first-order valence-electron chi connectivity index (χ1n) is 10.1. The van der Waals surface area contributed by atoms with Gasteiger partial charge in [0.2, 0.25) is 0 Å². The summed E-state index contributed by atoms with van der Waals surface area (Å²) < 4.78 is 16.5. The third kappa shape index (κ3) is 6.87. The van der Waals surface area contributed by atoms with Gasteiger partial charge in [-0.1, -0.05) is 0 Å². The van der Waals surface area contributed by atoms with E-state index in [9.17, 15) is 0 Å². The molecule has 0 radical (unpaired) electrons. The molecule has 28 heavy (non-hydrogen) atoms. The van der Waals surface area contributed by atoms with Crippen molar-refractivity contribution in [2.24, 2.45) is 4.99 Å². The Kier molecular flexibility index (Phi) is 9.37. The number of piperazine rings is 1. The molecule has 1 saturated heterocycles. The van der Waals surface area contributed by atoms with Gasteiger partial charge in [-0.3, -0.25) is 9.89 Å². The normalized spacial score (nSPS) is 15.8. The molecule has 7 heteroatoms. The minimum absolute atomic E-state index is 0.288. The quantitative estimate of drug-likeness (QED) is 0.395. The van der Waals surface area contributed by atoms with Crippen LogP contribution in [0.3, 0.4) is 0 Å². The van der Waals surface area contributed by atoms with Crippen LogP contribution in [-0.4, -0.2) is 82.5 Å². The highest BCUT2D eigenvalue weighted by Crippen LogP contribution is 2.25. The standard InChI is InChI=1S/C21H36N4O3/c1-17(2)28-14-6-9-23-21(22-3)25-12-10-24(11-13-25)16-18-15-19(26-4)7-8-20(18)27-5/h7-8,15,17H,6,9-14,16H2,1-5H3,(H,22,23). The molecule has 0 unspecified atom stereocenters. The predicted octanol–water partition coefficient (Wildman–Crippen LogP) is 2.21. The number of nitrogens with zero attached hydrogens (tertiary/aromatic N) is 3. The van der Waals surface area contributed by atoms with Gasteiger partial charge < -0.3 is 24.4 Å². The van der Waals surface area contributed by atoms with Crippen LogP contribution in [0.4, 0.5) is 0 Å². The molecule has 1 aromatic rings. The fourth-order valence-corrected chi connectivity index (χ4v) is 3.29. The van der Waals surface area contributed by atoms with Gasteiger partial charge in [-0.2, -0.15) is 0 Å². The summed E-state index contributed by atoms with van der Waals surface area (Å²) in [5, 5.41) is 3.45. The molecular formula is C21H36N4O3. The highest BCUT2D eigenvalue weighted by Gasteiger charge is 2.20. The molecule has 2 rings (SSSR count). The fourth-order valence-electron chi connectivity index (χ4n) is 3.29. The highest BCUT2D eigenvalue weighted by atomic mass is 16.5. The Bertz CT molecular complexity index is 614. The van der Waals surface area contributed by atoms with Gasteiger partial charge in [0.1, 0.15) is 11.5 Å². The van der Waals surface area contributed by atoms with E-state index in [1.165, 1.54) is 0 Å². The summed E-state index contributed by atoms with van der Waals surface area (Å²) in [7, 11) is 5.25. The van der Waals surface area contributed by atoms with Crippen LogP contribution in [0.5, 0.6) is 11.5 Å². The van der Waals surface area contributed by atoms with Gasteiger partial charge in [0.15, 0.2) is 5.96 Å². The van der Waals surface area contributed by atoms with Crippen molar-refractivity contribution in [2.75, 3.05) is 60.6 Å². The van der Waals surface area contributed by atoms with Crippen LogP contribution in [0, 0.1) is 0 Å². The Morgan fingerprint density at radius 1 is 1.14 bits per heavy atom. The Labute approximate surface area is 169 Å². The van der Waals surface area contributed by atoms with Gasteiger partial charge in [-0.15, -0.1) is 0 Å². The van der Waals surface area contributed by atoms with Crippen LogP contribution in [0.15, 0.2) is 23.2 Å². The molecule has 1 N–H and O–H groups in total. The van der Waals surface area contributed by atoms with E-state index < -0.39 is 0 Å². The van der Waals surface area contributed by atoms with Crippen molar-refractivity contribution >= 4 is 5.96 Å². The summed E-state index contributed by atoms with van der Waals surface area (Å²) in [4.78, 5) is 9.20. The maximum atomic E-state index is 5.59. The zero-order chi connectivity index (χ0) is 20.4. The summed E-state index contributed by atoms with van der Waals surface area (Å²) in [6.45, 7) is 10.5. The molecule has 1 fully saturated rings. The number of ether oxygens (including phenoxy) is 3. The molecule has 1 aromatic carbocycles. The summed E-state index contributed by atoms with van der Waals surface area (Å²) in [6.07, 6.45) is 1.27. The van der Waals surface area contributed by atoms with Crippen LogP contribution in [0.25, 0.3) is 0 Å². The minimum atomic E-state index is 0.288. The second-order valence-corrected chi connectivity index (χ2v) is 7.19. The van der Waals surface area contributed by atoms with Gasteiger partial charge >= 0.3 is 0 Å². The molecule has 7 nitrogen and oxygen atoms in total. The maximum Gasteiger partial charge on any atom is 0.193 e. The van der Waals surface area contributed by atoms with Crippen LogP contribution in [0.2, 0.25) is 0 Å². The minimum Gasteiger partial charge on any atom is -0.497 e. The van der Waals surface area contributed by atoms with Crippen molar-refractivity contribution in [1.29, 1.82) is 0 Å². The monoisotopic (exact) mass is 392 g/mol. The summed E-state index contributed by atoms with van der Waals surface area (Å²) in [5.41, 5.74) is 1.16. The van der Waals surface area contributed by atoms with Crippen molar-refractivity contribution in [3.63, 3.8) is 0 Å². The van der Waals surface area contributed by atoms with Gasteiger partial charge in [0.25, 0.3) is 0 Å². The molecule has 0 saturated carbocycles. The molecule has 0 amide bonds. The number of hydrogen-bond donors (Lipinski definition) is 1. The van der Waals surface area contributed by atoms with E-state index in [4.69, 9.17) is 14.2 Å².